The van der Waals surface area contributed by atoms with Gasteiger partial charge < -0.3 is 14.2 Å². The summed E-state index contributed by atoms with van der Waals surface area (Å²) in [6.07, 6.45) is 94.4. The predicted octanol–water partition coefficient (Wildman–Crippen LogP) is 24.4. The van der Waals surface area contributed by atoms with Crippen LogP contribution in [0.5, 0.6) is 0 Å². The zero-order valence-corrected chi connectivity index (χ0v) is 54.2. The van der Waals surface area contributed by atoms with Crippen LogP contribution in [0.15, 0.2) is 97.2 Å². The lowest BCUT2D eigenvalue weighted by Gasteiger charge is -2.18. The van der Waals surface area contributed by atoms with Gasteiger partial charge in [0.25, 0.3) is 0 Å². The fraction of sp³-hybridized carbons (Fsp3) is 0.750. The number of carbonyl (C=O) groups excluding carboxylic acids is 3. The van der Waals surface area contributed by atoms with Gasteiger partial charge in [-0.3, -0.25) is 14.4 Å². The summed E-state index contributed by atoms with van der Waals surface area (Å²) in [6.45, 7) is 6.50. The molecule has 0 rings (SSSR count). The minimum Gasteiger partial charge on any atom is -0.462 e. The molecule has 6 heteroatoms. The van der Waals surface area contributed by atoms with Crippen LogP contribution in [0.1, 0.15) is 348 Å². The lowest BCUT2D eigenvalue weighted by Crippen LogP contribution is -2.30. The molecule has 0 N–H and O–H groups in total. The van der Waals surface area contributed by atoms with E-state index >= 15 is 0 Å². The maximum Gasteiger partial charge on any atom is 0.306 e. The number of hydrogen-bond acceptors (Lipinski definition) is 6. The molecule has 0 aromatic rings. The molecule has 1 atom stereocenters. The molecule has 0 fully saturated rings. The van der Waals surface area contributed by atoms with Crippen molar-refractivity contribution in [3.8, 4) is 0 Å². The Bertz CT molecular complexity index is 1590. The molecular weight excluding hydrogens is 1010 g/mol. The second-order valence-corrected chi connectivity index (χ2v) is 23.4. The van der Waals surface area contributed by atoms with Crippen molar-refractivity contribution in [2.45, 2.75) is 354 Å². The third-order valence-corrected chi connectivity index (χ3v) is 15.3. The Kier molecular flexibility index (Phi) is 66.7. The molecule has 0 spiro atoms. The van der Waals surface area contributed by atoms with Crippen LogP contribution in [0.4, 0.5) is 0 Å². The first-order valence-electron chi connectivity index (χ1n) is 35.2. The number of allylic oxidation sites excluding steroid dienone is 16. The highest BCUT2D eigenvalue weighted by atomic mass is 16.6. The summed E-state index contributed by atoms with van der Waals surface area (Å²) in [5.74, 6) is -0.914. The quantitative estimate of drug-likeness (QED) is 0.0261. The zero-order valence-electron chi connectivity index (χ0n) is 54.2. The van der Waals surface area contributed by atoms with Crippen LogP contribution in [0, 0.1) is 0 Å². The van der Waals surface area contributed by atoms with Gasteiger partial charge in [0.05, 0.1) is 0 Å². The highest BCUT2D eigenvalue weighted by Gasteiger charge is 2.19. The van der Waals surface area contributed by atoms with Gasteiger partial charge in [-0.1, -0.05) is 304 Å². The SMILES string of the molecule is CC/C=C\C/C=C\C/C=C\C/C=C\CCCCCCC(=O)OC(COC(=O)CCCCCCC/C=C\C/C=C\CCCCCC)COC(=O)CCCCCCCCCCCCCCCCCCCCC/C=C\C/C=C\CCCCCCC. The largest absolute Gasteiger partial charge is 0.462 e. The number of hydrogen-bond donors (Lipinski definition) is 0. The Hall–Kier alpha value is -3.67. The van der Waals surface area contributed by atoms with E-state index in [-0.39, 0.29) is 31.1 Å². The van der Waals surface area contributed by atoms with Crippen molar-refractivity contribution in [2.24, 2.45) is 0 Å². The van der Waals surface area contributed by atoms with E-state index in [0.29, 0.717) is 19.3 Å². The van der Waals surface area contributed by atoms with Crippen LogP contribution < -0.4 is 0 Å². The molecule has 0 aromatic heterocycles. The lowest BCUT2D eigenvalue weighted by molar-refractivity contribution is -0.167. The topological polar surface area (TPSA) is 78.9 Å². The van der Waals surface area contributed by atoms with Crippen molar-refractivity contribution in [3.05, 3.63) is 97.2 Å². The number of rotatable bonds is 64. The van der Waals surface area contributed by atoms with E-state index in [4.69, 9.17) is 14.2 Å². The molecule has 0 heterocycles. The number of ether oxygens (including phenoxy) is 3. The molecule has 0 aliphatic rings. The van der Waals surface area contributed by atoms with Crippen LogP contribution >= 0.6 is 0 Å². The number of unbranched alkanes of at least 4 members (excludes halogenated alkanes) is 37. The van der Waals surface area contributed by atoms with Crippen LogP contribution in [-0.4, -0.2) is 37.2 Å². The fourth-order valence-corrected chi connectivity index (χ4v) is 10.0. The third kappa shape index (κ3) is 67.1. The van der Waals surface area contributed by atoms with E-state index in [1.165, 1.54) is 180 Å². The van der Waals surface area contributed by atoms with Crippen LogP contribution in [0.3, 0.4) is 0 Å². The molecule has 0 aliphatic heterocycles. The zero-order chi connectivity index (χ0) is 59.2. The monoisotopic (exact) mass is 1140 g/mol. The van der Waals surface area contributed by atoms with Crippen LogP contribution in [0.2, 0.25) is 0 Å². The highest BCUT2D eigenvalue weighted by molar-refractivity contribution is 5.71. The van der Waals surface area contributed by atoms with E-state index in [9.17, 15) is 14.4 Å². The number of carbonyl (C=O) groups is 3. The summed E-state index contributed by atoms with van der Waals surface area (Å²) in [5, 5.41) is 0. The average Bonchev–Trinajstić information content (AvgIpc) is 3.47. The molecule has 0 saturated heterocycles. The summed E-state index contributed by atoms with van der Waals surface area (Å²) in [4.78, 5) is 38.4. The van der Waals surface area contributed by atoms with Gasteiger partial charge in [0.2, 0.25) is 0 Å². The van der Waals surface area contributed by atoms with Crippen molar-refractivity contribution >= 4 is 17.9 Å². The van der Waals surface area contributed by atoms with Gasteiger partial charge in [-0.05, 0) is 122 Å². The average molecular weight is 1140 g/mol. The minimum atomic E-state index is -0.798. The predicted molar refractivity (Wildman–Crippen MR) is 357 cm³/mol. The Morgan fingerprint density at radius 1 is 0.256 bits per heavy atom. The maximum absolute atomic E-state index is 12.9. The van der Waals surface area contributed by atoms with E-state index < -0.39 is 6.10 Å². The Morgan fingerprint density at radius 2 is 0.476 bits per heavy atom. The summed E-state index contributed by atoms with van der Waals surface area (Å²) < 4.78 is 16.9. The van der Waals surface area contributed by atoms with E-state index in [0.717, 1.165) is 128 Å². The highest BCUT2D eigenvalue weighted by Crippen LogP contribution is 2.17. The van der Waals surface area contributed by atoms with Crippen LogP contribution in [-0.2, 0) is 28.6 Å². The van der Waals surface area contributed by atoms with E-state index in [1.807, 2.05) is 0 Å². The van der Waals surface area contributed by atoms with Crippen molar-refractivity contribution in [1.29, 1.82) is 0 Å². The first kappa shape index (κ1) is 78.3. The third-order valence-electron chi connectivity index (χ3n) is 15.3. The van der Waals surface area contributed by atoms with Gasteiger partial charge in [-0.15, -0.1) is 0 Å². The summed E-state index contributed by atoms with van der Waals surface area (Å²) in [6, 6.07) is 0. The minimum absolute atomic E-state index is 0.0900. The second-order valence-electron chi connectivity index (χ2n) is 23.4. The first-order chi connectivity index (χ1) is 40.5. The summed E-state index contributed by atoms with van der Waals surface area (Å²) in [7, 11) is 0. The molecule has 0 amide bonds. The van der Waals surface area contributed by atoms with Gasteiger partial charge in [0.15, 0.2) is 6.10 Å². The van der Waals surface area contributed by atoms with Crippen molar-refractivity contribution in [3.63, 3.8) is 0 Å². The van der Waals surface area contributed by atoms with Gasteiger partial charge in [-0.25, -0.2) is 0 Å². The van der Waals surface area contributed by atoms with Gasteiger partial charge in [-0.2, -0.15) is 0 Å². The molecule has 0 aromatic carbocycles. The van der Waals surface area contributed by atoms with Gasteiger partial charge in [0, 0.05) is 19.3 Å². The molecule has 0 radical (unpaired) electrons. The van der Waals surface area contributed by atoms with Crippen LogP contribution in [0.25, 0.3) is 0 Å². The Balaban J connectivity index is 4.25. The lowest BCUT2D eigenvalue weighted by atomic mass is 10.0. The van der Waals surface area contributed by atoms with Crippen molar-refractivity contribution < 1.29 is 28.6 Å². The molecule has 472 valence electrons. The summed E-state index contributed by atoms with van der Waals surface area (Å²) >= 11 is 0. The standard InChI is InChI=1S/C76H132O6/c1-4-7-10-13-16-19-22-25-28-31-32-33-34-35-36-37-38-39-40-41-42-43-44-46-48-51-54-57-60-63-66-69-75(78)81-72-73(71-80-74(77)68-65-62-59-56-53-50-47-30-27-24-21-18-15-12-9-6-3)82-76(79)70-67-64-61-58-55-52-49-45-29-26-23-20-17-14-11-8-5-2/h8,11,17,20-22,24-26,29-32,47,49,52,73H,4-7,9-10,12-16,18-19,23,27-28,33-46,48,50-51,53-72H2,1-3H3/b11-8-,20-17-,24-21-,25-22-,29-26-,32-31-,47-30-,52-49-. The van der Waals surface area contributed by atoms with Crippen molar-refractivity contribution in [2.75, 3.05) is 13.2 Å². The fourth-order valence-electron chi connectivity index (χ4n) is 10.0. The molecule has 6 nitrogen and oxygen atoms in total. The molecule has 0 bridgehead atoms. The smallest absolute Gasteiger partial charge is 0.306 e. The Labute approximate surface area is 508 Å². The van der Waals surface area contributed by atoms with Crippen molar-refractivity contribution in [1.82, 2.24) is 0 Å². The molecule has 82 heavy (non-hydrogen) atoms. The molecule has 0 saturated carbocycles. The molecule has 0 aliphatic carbocycles. The van der Waals surface area contributed by atoms with Gasteiger partial charge >= 0.3 is 17.9 Å². The molecular formula is C76H132O6. The Morgan fingerprint density at radius 3 is 0.756 bits per heavy atom. The maximum atomic E-state index is 12.9. The number of esters is 3. The second kappa shape index (κ2) is 69.8. The normalized spacial score (nSPS) is 12.7. The van der Waals surface area contributed by atoms with E-state index in [2.05, 4.69) is 118 Å². The van der Waals surface area contributed by atoms with Gasteiger partial charge in [0.1, 0.15) is 13.2 Å². The van der Waals surface area contributed by atoms with E-state index in [1.54, 1.807) is 0 Å². The first-order valence-corrected chi connectivity index (χ1v) is 35.2. The molecule has 1 unspecified atom stereocenters. The summed E-state index contributed by atoms with van der Waals surface area (Å²) in [5.41, 5.74) is 0.